The van der Waals surface area contributed by atoms with Gasteiger partial charge in [0.2, 0.25) is 0 Å². The summed E-state index contributed by atoms with van der Waals surface area (Å²) in [6.07, 6.45) is 2.53. The van der Waals surface area contributed by atoms with Crippen molar-refractivity contribution >= 4 is 12.2 Å². The van der Waals surface area contributed by atoms with Gasteiger partial charge >= 0.3 is 6.03 Å². The highest BCUT2D eigenvalue weighted by Gasteiger charge is 1.97. The summed E-state index contributed by atoms with van der Waals surface area (Å²) in [7, 11) is 0. The smallest absolute Gasteiger partial charge is 0.332 e. The van der Waals surface area contributed by atoms with Gasteiger partial charge in [0.1, 0.15) is 5.75 Å². The predicted molar refractivity (Wildman–Crippen MR) is 71.7 cm³/mol. The van der Waals surface area contributed by atoms with Crippen LogP contribution in [-0.2, 0) is 0 Å². The van der Waals surface area contributed by atoms with Crippen LogP contribution in [0.25, 0.3) is 0 Å². The maximum absolute atomic E-state index is 10.4. The number of ether oxygens (including phenoxy) is 1. The number of urea groups is 1. The first-order valence-electron chi connectivity index (χ1n) is 5.89. The number of hydrazone groups is 1. The molecule has 0 aliphatic carbocycles. The van der Waals surface area contributed by atoms with E-state index in [-0.39, 0.29) is 0 Å². The number of nitrogens with two attached hydrogens (primary N) is 1. The molecule has 2 amide bonds. The van der Waals surface area contributed by atoms with Crippen molar-refractivity contribution in [3.05, 3.63) is 29.8 Å². The number of carbonyl (C=O) groups is 1. The molecule has 5 nitrogen and oxygen atoms in total. The summed E-state index contributed by atoms with van der Waals surface area (Å²) in [6, 6.07) is 6.79. The first-order valence-corrected chi connectivity index (χ1v) is 5.89. The van der Waals surface area contributed by atoms with E-state index < -0.39 is 6.03 Å². The minimum absolute atomic E-state index is 0.620. The average molecular weight is 249 g/mol. The van der Waals surface area contributed by atoms with Gasteiger partial charge in [-0.2, -0.15) is 5.10 Å². The van der Waals surface area contributed by atoms with Gasteiger partial charge in [-0.05, 0) is 30.0 Å². The van der Waals surface area contributed by atoms with E-state index in [0.29, 0.717) is 12.5 Å². The van der Waals surface area contributed by atoms with E-state index in [1.165, 1.54) is 6.21 Å². The number of carbonyl (C=O) groups excluding carboxylic acids is 1. The highest BCUT2D eigenvalue weighted by Crippen LogP contribution is 2.13. The second-order valence-electron chi connectivity index (χ2n) is 4.34. The fourth-order valence-corrected chi connectivity index (χ4v) is 1.27. The minimum Gasteiger partial charge on any atom is -0.494 e. The summed E-state index contributed by atoms with van der Waals surface area (Å²) in [4.78, 5) is 10.4. The summed E-state index contributed by atoms with van der Waals surface area (Å²) in [5, 5.41) is 3.69. The van der Waals surface area contributed by atoms with Gasteiger partial charge in [-0.15, -0.1) is 0 Å². The van der Waals surface area contributed by atoms with Gasteiger partial charge in [0.25, 0.3) is 0 Å². The molecule has 0 spiro atoms. The monoisotopic (exact) mass is 249 g/mol. The zero-order valence-electron chi connectivity index (χ0n) is 10.7. The maximum Gasteiger partial charge on any atom is 0.332 e. The van der Waals surface area contributed by atoms with Crippen molar-refractivity contribution in [3.63, 3.8) is 0 Å². The Hall–Kier alpha value is -2.04. The number of primary amides is 1. The molecule has 0 fully saturated rings. The summed E-state index contributed by atoms with van der Waals surface area (Å²) in [5.41, 5.74) is 7.87. The molecule has 98 valence electrons. The zero-order valence-corrected chi connectivity index (χ0v) is 10.7. The lowest BCUT2D eigenvalue weighted by molar-refractivity contribution is 0.249. The van der Waals surface area contributed by atoms with Crippen molar-refractivity contribution < 1.29 is 9.53 Å². The molecule has 0 heterocycles. The Morgan fingerprint density at radius 2 is 2.33 bits per heavy atom. The number of nitrogens with one attached hydrogen (secondary N) is 1. The van der Waals surface area contributed by atoms with E-state index in [1.54, 1.807) is 0 Å². The summed E-state index contributed by atoms with van der Waals surface area (Å²) in [5.74, 6) is 1.41. The third-order valence-electron chi connectivity index (χ3n) is 2.21. The number of rotatable bonds is 6. The van der Waals surface area contributed by atoms with E-state index in [4.69, 9.17) is 10.5 Å². The molecule has 3 N–H and O–H groups in total. The highest BCUT2D eigenvalue weighted by molar-refractivity contribution is 5.81. The minimum atomic E-state index is -0.685. The third-order valence-corrected chi connectivity index (χ3v) is 2.21. The van der Waals surface area contributed by atoms with Gasteiger partial charge < -0.3 is 10.5 Å². The summed E-state index contributed by atoms with van der Waals surface area (Å²) < 4.78 is 5.61. The molecule has 0 aliphatic rings. The molecule has 1 aromatic rings. The topological polar surface area (TPSA) is 76.7 Å². The lowest BCUT2D eigenvalue weighted by atomic mass is 10.1. The molecular weight excluding hydrogens is 230 g/mol. The largest absolute Gasteiger partial charge is 0.494 e. The van der Waals surface area contributed by atoms with E-state index in [0.717, 1.165) is 17.7 Å². The van der Waals surface area contributed by atoms with Crippen LogP contribution in [-0.4, -0.2) is 18.9 Å². The number of nitrogens with zero attached hydrogens (tertiary/aromatic N) is 1. The standard InChI is InChI=1S/C13H19N3O2/c1-10(2)6-7-18-12-5-3-4-11(8-12)9-15-16-13(14)17/h3-5,8-10H,6-7H2,1-2H3,(H3,14,16,17). The van der Waals surface area contributed by atoms with E-state index in [2.05, 4.69) is 24.4 Å². The maximum atomic E-state index is 10.4. The van der Waals surface area contributed by atoms with E-state index >= 15 is 0 Å². The average Bonchev–Trinajstić information content (AvgIpc) is 2.28. The number of hydrogen-bond donors (Lipinski definition) is 2. The Labute approximate surface area is 107 Å². The van der Waals surface area contributed by atoms with Crippen molar-refractivity contribution in [3.8, 4) is 5.75 Å². The molecule has 0 aromatic heterocycles. The SMILES string of the molecule is CC(C)CCOc1cccc(C=NNC(N)=O)c1. The van der Waals surface area contributed by atoms with E-state index in [9.17, 15) is 4.79 Å². The van der Waals surface area contributed by atoms with Crippen LogP contribution in [0.3, 0.4) is 0 Å². The third kappa shape index (κ3) is 5.89. The van der Waals surface area contributed by atoms with Gasteiger partial charge in [-0.3, -0.25) is 0 Å². The second-order valence-corrected chi connectivity index (χ2v) is 4.34. The van der Waals surface area contributed by atoms with Crippen LogP contribution in [0, 0.1) is 5.92 Å². The fraction of sp³-hybridized carbons (Fsp3) is 0.385. The van der Waals surface area contributed by atoms with Crippen molar-refractivity contribution in [2.24, 2.45) is 16.8 Å². The van der Waals surface area contributed by atoms with Gasteiger partial charge in [0.15, 0.2) is 0 Å². The fourth-order valence-electron chi connectivity index (χ4n) is 1.27. The molecular formula is C13H19N3O2. The number of hydrogen-bond acceptors (Lipinski definition) is 3. The first kappa shape index (κ1) is 14.0. The van der Waals surface area contributed by atoms with Crippen LogP contribution in [0.5, 0.6) is 5.75 Å². The van der Waals surface area contributed by atoms with Crippen molar-refractivity contribution in [2.75, 3.05) is 6.61 Å². The summed E-state index contributed by atoms with van der Waals surface area (Å²) >= 11 is 0. The van der Waals surface area contributed by atoms with Crippen molar-refractivity contribution in [1.82, 2.24) is 5.43 Å². The Morgan fingerprint density at radius 3 is 3.00 bits per heavy atom. The van der Waals surface area contributed by atoms with Gasteiger partial charge in [0, 0.05) is 0 Å². The molecule has 0 aliphatic heterocycles. The predicted octanol–water partition coefficient (Wildman–Crippen LogP) is 2.11. The highest BCUT2D eigenvalue weighted by atomic mass is 16.5. The van der Waals surface area contributed by atoms with Crippen LogP contribution in [0.4, 0.5) is 4.79 Å². The van der Waals surface area contributed by atoms with Gasteiger partial charge in [0.05, 0.1) is 12.8 Å². The van der Waals surface area contributed by atoms with Crippen LogP contribution in [0.1, 0.15) is 25.8 Å². The molecule has 0 radical (unpaired) electrons. The van der Waals surface area contributed by atoms with Crippen molar-refractivity contribution in [2.45, 2.75) is 20.3 Å². The molecule has 0 saturated carbocycles. The Balaban J connectivity index is 2.51. The Morgan fingerprint density at radius 1 is 1.56 bits per heavy atom. The van der Waals surface area contributed by atoms with Crippen LogP contribution in [0.2, 0.25) is 0 Å². The molecule has 18 heavy (non-hydrogen) atoms. The molecule has 0 unspecified atom stereocenters. The normalized spacial score (nSPS) is 10.8. The van der Waals surface area contributed by atoms with Gasteiger partial charge in [-0.1, -0.05) is 26.0 Å². The number of benzene rings is 1. The lowest BCUT2D eigenvalue weighted by Crippen LogP contribution is -2.24. The molecule has 0 atom stereocenters. The second kappa shape index (κ2) is 7.32. The summed E-state index contributed by atoms with van der Waals surface area (Å²) in [6.45, 7) is 5.00. The first-order chi connectivity index (χ1) is 8.58. The Kier molecular flexibility index (Phi) is 5.70. The van der Waals surface area contributed by atoms with E-state index in [1.807, 2.05) is 24.3 Å². The van der Waals surface area contributed by atoms with Crippen LogP contribution in [0.15, 0.2) is 29.4 Å². The molecule has 0 saturated heterocycles. The van der Waals surface area contributed by atoms with Gasteiger partial charge in [-0.25, -0.2) is 10.2 Å². The van der Waals surface area contributed by atoms with Crippen molar-refractivity contribution in [1.29, 1.82) is 0 Å². The quantitative estimate of drug-likeness (QED) is 0.598. The zero-order chi connectivity index (χ0) is 13.4. The lowest BCUT2D eigenvalue weighted by Gasteiger charge is -2.08. The molecule has 1 aromatic carbocycles. The number of amides is 2. The van der Waals surface area contributed by atoms with Crippen LogP contribution < -0.4 is 15.9 Å². The molecule has 5 heteroatoms. The molecule has 1 rings (SSSR count). The molecule has 0 bridgehead atoms. The van der Waals surface area contributed by atoms with Crippen LogP contribution >= 0.6 is 0 Å². The Bertz CT molecular complexity index is 416.